The predicted molar refractivity (Wildman–Crippen MR) is 101 cm³/mol. The monoisotopic (exact) mass is 368 g/mol. The maximum absolute atomic E-state index is 12.8. The molecular weight excluding hydrogens is 340 g/mol. The lowest BCUT2D eigenvalue weighted by Gasteiger charge is -2.51. The summed E-state index contributed by atoms with van der Waals surface area (Å²) >= 11 is 0. The number of likely N-dealkylation sites (tertiary alicyclic amines) is 1. The average molecular weight is 369 g/mol. The Balaban J connectivity index is 0.00000225. The molecule has 1 aromatic rings. The number of fused-ring (bicyclic) bond motifs is 1. The van der Waals surface area contributed by atoms with Gasteiger partial charge in [-0.3, -0.25) is 4.79 Å². The molecule has 2 aliphatic rings. The van der Waals surface area contributed by atoms with Gasteiger partial charge >= 0.3 is 0 Å². The summed E-state index contributed by atoms with van der Waals surface area (Å²) in [6, 6.07) is 6.02. The molecule has 0 aliphatic carbocycles. The zero-order chi connectivity index (χ0) is 17.2. The lowest BCUT2D eigenvalue weighted by atomic mass is 9.78. The summed E-state index contributed by atoms with van der Waals surface area (Å²) in [5.41, 5.74) is 1.15. The molecule has 0 saturated carbocycles. The summed E-state index contributed by atoms with van der Waals surface area (Å²) in [5.74, 6) is 1.36. The number of hydrogen-bond donors (Lipinski definition) is 1. The zero-order valence-corrected chi connectivity index (χ0v) is 16.2. The molecule has 2 heterocycles. The predicted octanol–water partition coefficient (Wildman–Crippen LogP) is 2.94. The largest absolute Gasteiger partial charge is 0.493 e. The Kier molecular flexibility index (Phi) is 6.58. The number of ether oxygens (including phenoxy) is 2. The summed E-state index contributed by atoms with van der Waals surface area (Å²) in [6.07, 6.45) is 4.37. The third-order valence-electron chi connectivity index (χ3n) is 5.38. The van der Waals surface area contributed by atoms with Crippen molar-refractivity contribution >= 4 is 18.3 Å². The van der Waals surface area contributed by atoms with Crippen molar-refractivity contribution in [1.82, 2.24) is 10.2 Å². The van der Waals surface area contributed by atoms with Gasteiger partial charge in [-0.1, -0.05) is 6.07 Å². The Morgan fingerprint density at radius 3 is 2.92 bits per heavy atom. The number of methoxy groups -OCH3 is 1. The van der Waals surface area contributed by atoms with Gasteiger partial charge in [-0.2, -0.15) is 0 Å². The molecule has 1 N–H and O–H groups in total. The number of nitrogens with one attached hydrogen (secondary N) is 1. The molecule has 1 amide bonds. The van der Waals surface area contributed by atoms with E-state index in [1.54, 1.807) is 7.11 Å². The maximum Gasteiger partial charge on any atom is 0.260 e. The van der Waals surface area contributed by atoms with Gasteiger partial charge in [0.25, 0.3) is 5.91 Å². The van der Waals surface area contributed by atoms with Crippen molar-refractivity contribution in [2.75, 3.05) is 26.8 Å². The van der Waals surface area contributed by atoms with Crippen LogP contribution in [0.3, 0.4) is 0 Å². The fourth-order valence-electron chi connectivity index (χ4n) is 4.05. The summed E-state index contributed by atoms with van der Waals surface area (Å²) < 4.78 is 11.1. The lowest BCUT2D eigenvalue weighted by molar-refractivity contribution is -0.140. The van der Waals surface area contributed by atoms with E-state index in [1.165, 1.54) is 0 Å². The van der Waals surface area contributed by atoms with E-state index in [0.29, 0.717) is 11.5 Å². The molecule has 3 rings (SSSR count). The second-order valence-electron chi connectivity index (χ2n) is 7.14. The van der Waals surface area contributed by atoms with Crippen molar-refractivity contribution < 1.29 is 14.3 Å². The summed E-state index contributed by atoms with van der Waals surface area (Å²) in [6.45, 7) is 6.19. The second-order valence-corrected chi connectivity index (χ2v) is 7.14. The van der Waals surface area contributed by atoms with Crippen LogP contribution in [0.1, 0.15) is 38.2 Å². The minimum Gasteiger partial charge on any atom is -0.493 e. The van der Waals surface area contributed by atoms with E-state index in [4.69, 9.17) is 9.47 Å². The van der Waals surface area contributed by atoms with E-state index in [-0.39, 0.29) is 36.5 Å². The zero-order valence-electron chi connectivity index (χ0n) is 15.3. The van der Waals surface area contributed by atoms with Gasteiger partial charge in [0, 0.05) is 18.1 Å². The van der Waals surface area contributed by atoms with Crippen molar-refractivity contribution in [3.05, 3.63) is 23.8 Å². The summed E-state index contributed by atoms with van der Waals surface area (Å²) in [4.78, 5) is 14.8. The van der Waals surface area contributed by atoms with Crippen LogP contribution in [-0.4, -0.2) is 49.2 Å². The molecule has 2 saturated heterocycles. The van der Waals surface area contributed by atoms with E-state index >= 15 is 0 Å². The average Bonchev–Trinajstić information content (AvgIpc) is 2.59. The van der Waals surface area contributed by atoms with Crippen molar-refractivity contribution in [2.45, 2.75) is 51.1 Å². The number of piperidine rings is 2. The van der Waals surface area contributed by atoms with Gasteiger partial charge in [-0.15, -0.1) is 12.4 Å². The topological polar surface area (TPSA) is 50.8 Å². The molecule has 0 spiro atoms. The first kappa shape index (κ1) is 19.9. The molecule has 0 bridgehead atoms. The van der Waals surface area contributed by atoms with Gasteiger partial charge in [0.15, 0.2) is 18.1 Å². The van der Waals surface area contributed by atoms with Gasteiger partial charge in [0.2, 0.25) is 0 Å². The van der Waals surface area contributed by atoms with Crippen molar-refractivity contribution in [3.63, 3.8) is 0 Å². The second kappa shape index (κ2) is 8.28. The molecule has 0 aromatic heterocycles. The number of nitrogens with zero attached hydrogens (tertiary/aromatic N) is 1. The highest BCUT2D eigenvalue weighted by Crippen LogP contribution is 2.33. The molecule has 0 radical (unpaired) electrons. The number of hydrogen-bond acceptors (Lipinski definition) is 4. The number of rotatable bonds is 4. The third kappa shape index (κ3) is 4.21. The molecule has 2 aliphatic heterocycles. The van der Waals surface area contributed by atoms with Gasteiger partial charge in [0.1, 0.15) is 0 Å². The molecule has 1 aromatic carbocycles. The fraction of sp³-hybridized carbons (Fsp3) is 0.632. The van der Waals surface area contributed by atoms with E-state index in [2.05, 4.69) is 12.2 Å². The Bertz CT molecular complexity index is 606. The highest BCUT2D eigenvalue weighted by atomic mass is 35.5. The quantitative estimate of drug-likeness (QED) is 0.887. The minimum atomic E-state index is 0. The number of aryl methyl sites for hydroxylation is 1. The van der Waals surface area contributed by atoms with Crippen molar-refractivity contribution in [1.29, 1.82) is 0 Å². The van der Waals surface area contributed by atoms with Gasteiger partial charge in [-0.25, -0.2) is 0 Å². The minimum absolute atomic E-state index is 0. The first-order valence-corrected chi connectivity index (χ1v) is 8.85. The molecule has 140 valence electrons. The Hall–Kier alpha value is -1.46. The molecule has 2 fully saturated rings. The number of carbonyl (C=O) groups is 1. The van der Waals surface area contributed by atoms with Crippen LogP contribution in [0.5, 0.6) is 11.5 Å². The van der Waals surface area contributed by atoms with Crippen LogP contribution in [0.2, 0.25) is 0 Å². The van der Waals surface area contributed by atoms with E-state index < -0.39 is 0 Å². The Morgan fingerprint density at radius 1 is 1.36 bits per heavy atom. The Labute approximate surface area is 156 Å². The summed E-state index contributed by atoms with van der Waals surface area (Å²) in [7, 11) is 1.62. The number of amides is 1. The van der Waals surface area contributed by atoms with Crippen LogP contribution in [-0.2, 0) is 4.79 Å². The van der Waals surface area contributed by atoms with Gasteiger partial charge in [0.05, 0.1) is 7.11 Å². The van der Waals surface area contributed by atoms with Gasteiger partial charge < -0.3 is 19.7 Å². The maximum atomic E-state index is 12.8. The normalized spacial score (nSPS) is 25.6. The van der Waals surface area contributed by atoms with E-state index in [9.17, 15) is 4.79 Å². The molecule has 0 unspecified atom stereocenters. The van der Waals surface area contributed by atoms with Crippen molar-refractivity contribution in [2.24, 2.45) is 0 Å². The van der Waals surface area contributed by atoms with Crippen LogP contribution in [0.25, 0.3) is 0 Å². The van der Waals surface area contributed by atoms with Crippen LogP contribution in [0.15, 0.2) is 18.2 Å². The molecule has 5 nitrogen and oxygen atoms in total. The number of carbonyl (C=O) groups excluding carboxylic acids is 1. The first-order chi connectivity index (χ1) is 11.5. The van der Waals surface area contributed by atoms with E-state index in [0.717, 1.165) is 44.3 Å². The fourth-order valence-corrected chi connectivity index (χ4v) is 4.05. The third-order valence-corrected chi connectivity index (χ3v) is 5.38. The van der Waals surface area contributed by atoms with Crippen LogP contribution in [0, 0.1) is 6.92 Å². The van der Waals surface area contributed by atoms with Crippen LogP contribution < -0.4 is 14.8 Å². The van der Waals surface area contributed by atoms with E-state index in [1.807, 2.05) is 30.0 Å². The lowest BCUT2D eigenvalue weighted by Crippen LogP contribution is -2.66. The van der Waals surface area contributed by atoms with Crippen molar-refractivity contribution in [3.8, 4) is 11.5 Å². The first-order valence-electron chi connectivity index (χ1n) is 8.85. The smallest absolute Gasteiger partial charge is 0.260 e. The highest BCUT2D eigenvalue weighted by molar-refractivity contribution is 5.85. The van der Waals surface area contributed by atoms with Gasteiger partial charge in [-0.05, 0) is 63.8 Å². The summed E-state index contributed by atoms with van der Waals surface area (Å²) in [5, 5.41) is 3.63. The highest BCUT2D eigenvalue weighted by Gasteiger charge is 2.44. The SMILES string of the molecule is COc1cc(C)ccc1OCC(=O)N1CCC[C@]2(C)NCCC[C@@H]12.Cl. The molecular formula is C19H29ClN2O3. The Morgan fingerprint density at radius 2 is 2.16 bits per heavy atom. The van der Waals surface area contributed by atoms with Crippen LogP contribution >= 0.6 is 12.4 Å². The standard InChI is InChI=1S/C19H28N2O3.ClH/c1-14-7-8-15(16(12-14)23-3)24-13-18(22)21-11-5-9-19(2)17(21)6-4-10-20-19;/h7-8,12,17,20H,4-6,9-11,13H2,1-3H3;1H/t17-,19+;/m1./s1. The molecule has 25 heavy (non-hydrogen) atoms. The van der Waals surface area contributed by atoms with Crippen LogP contribution in [0.4, 0.5) is 0 Å². The molecule has 2 atom stereocenters. The molecule has 6 heteroatoms. The number of benzene rings is 1. The number of halogens is 1.